The predicted molar refractivity (Wildman–Crippen MR) is 108 cm³/mol. The first-order valence-corrected chi connectivity index (χ1v) is 9.32. The van der Waals surface area contributed by atoms with E-state index >= 15 is 0 Å². The maximum absolute atomic E-state index is 12.5. The summed E-state index contributed by atoms with van der Waals surface area (Å²) in [6.45, 7) is 1.02. The zero-order chi connectivity index (χ0) is 18.6. The maximum Gasteiger partial charge on any atom is 0.227 e. The molecule has 1 atom stereocenters. The molecule has 0 bridgehead atoms. The molecule has 0 saturated carbocycles. The molecule has 2 amide bonds. The third kappa shape index (κ3) is 3.70. The second-order valence-corrected chi connectivity index (χ2v) is 6.92. The molecule has 1 aliphatic heterocycles. The Labute approximate surface area is 158 Å². The fourth-order valence-corrected chi connectivity index (χ4v) is 3.72. The highest BCUT2D eigenvalue weighted by molar-refractivity contribution is 6.00. The monoisotopic (exact) mass is 358 g/mol. The number of nitrogens with zero attached hydrogens (tertiary/aromatic N) is 1. The van der Waals surface area contributed by atoms with Gasteiger partial charge in [-0.15, -0.1) is 0 Å². The third-order valence-corrected chi connectivity index (χ3v) is 5.14. The van der Waals surface area contributed by atoms with Crippen molar-refractivity contribution < 1.29 is 9.59 Å². The summed E-state index contributed by atoms with van der Waals surface area (Å²) in [7, 11) is 0. The SMILES string of the molecule is O=C(NCCc1cccc2ccccc12)C1CC(=O)N(c2ccccc2)C1. The molecule has 0 aliphatic carbocycles. The molecule has 1 fully saturated rings. The Bertz CT molecular complexity index is 963. The van der Waals surface area contributed by atoms with Gasteiger partial charge in [0.2, 0.25) is 11.8 Å². The quantitative estimate of drug-likeness (QED) is 0.758. The van der Waals surface area contributed by atoms with Crippen LogP contribution in [0.3, 0.4) is 0 Å². The average molecular weight is 358 g/mol. The van der Waals surface area contributed by atoms with Gasteiger partial charge in [0.15, 0.2) is 0 Å². The summed E-state index contributed by atoms with van der Waals surface area (Å²) in [5, 5.41) is 5.44. The molecule has 1 saturated heterocycles. The minimum Gasteiger partial charge on any atom is -0.355 e. The van der Waals surface area contributed by atoms with Gasteiger partial charge in [-0.25, -0.2) is 0 Å². The molecule has 3 aromatic carbocycles. The minimum absolute atomic E-state index is 0.00963. The van der Waals surface area contributed by atoms with E-state index in [9.17, 15) is 9.59 Å². The second-order valence-electron chi connectivity index (χ2n) is 6.92. The number of hydrogen-bond donors (Lipinski definition) is 1. The van der Waals surface area contributed by atoms with Crippen molar-refractivity contribution in [2.24, 2.45) is 5.92 Å². The van der Waals surface area contributed by atoms with E-state index in [4.69, 9.17) is 0 Å². The molecule has 0 aromatic heterocycles. The number of fused-ring (bicyclic) bond motifs is 1. The van der Waals surface area contributed by atoms with Crippen LogP contribution in [0.5, 0.6) is 0 Å². The summed E-state index contributed by atoms with van der Waals surface area (Å²) in [6, 6.07) is 24.0. The molecule has 3 aromatic rings. The lowest BCUT2D eigenvalue weighted by atomic mass is 10.0. The largest absolute Gasteiger partial charge is 0.355 e. The number of anilines is 1. The molecule has 1 unspecified atom stereocenters. The normalized spacial score (nSPS) is 16.7. The van der Waals surface area contributed by atoms with E-state index in [0.29, 0.717) is 13.1 Å². The van der Waals surface area contributed by atoms with Crippen LogP contribution in [-0.2, 0) is 16.0 Å². The summed E-state index contributed by atoms with van der Waals surface area (Å²) in [6.07, 6.45) is 1.05. The van der Waals surface area contributed by atoms with Gasteiger partial charge in [0, 0.05) is 25.2 Å². The van der Waals surface area contributed by atoms with Crippen molar-refractivity contribution >= 4 is 28.3 Å². The first-order valence-electron chi connectivity index (χ1n) is 9.32. The van der Waals surface area contributed by atoms with Crippen molar-refractivity contribution in [3.05, 3.63) is 78.4 Å². The number of carbonyl (C=O) groups excluding carboxylic acids is 2. The zero-order valence-electron chi connectivity index (χ0n) is 15.1. The number of hydrogen-bond acceptors (Lipinski definition) is 2. The fraction of sp³-hybridized carbons (Fsp3) is 0.217. The highest BCUT2D eigenvalue weighted by atomic mass is 16.2. The molecule has 4 rings (SSSR count). The van der Waals surface area contributed by atoms with Crippen molar-refractivity contribution in [2.75, 3.05) is 18.0 Å². The number of carbonyl (C=O) groups is 2. The van der Waals surface area contributed by atoms with E-state index in [0.717, 1.165) is 12.1 Å². The van der Waals surface area contributed by atoms with Crippen LogP contribution in [0.2, 0.25) is 0 Å². The number of nitrogens with one attached hydrogen (secondary N) is 1. The summed E-state index contributed by atoms with van der Waals surface area (Å²) >= 11 is 0. The van der Waals surface area contributed by atoms with Crippen LogP contribution in [0.25, 0.3) is 10.8 Å². The summed E-state index contributed by atoms with van der Waals surface area (Å²) in [5.41, 5.74) is 2.08. The Morgan fingerprint density at radius 1 is 0.963 bits per heavy atom. The van der Waals surface area contributed by atoms with E-state index in [1.54, 1.807) is 4.90 Å². The highest BCUT2D eigenvalue weighted by Gasteiger charge is 2.34. The predicted octanol–water partition coefficient (Wildman–Crippen LogP) is 3.55. The van der Waals surface area contributed by atoms with Crippen LogP contribution in [0.4, 0.5) is 5.69 Å². The van der Waals surface area contributed by atoms with Crippen molar-refractivity contribution in [1.82, 2.24) is 5.32 Å². The second kappa shape index (κ2) is 7.62. The lowest BCUT2D eigenvalue weighted by molar-refractivity contribution is -0.126. The number of benzene rings is 3. The van der Waals surface area contributed by atoms with E-state index in [1.165, 1.54) is 16.3 Å². The Kier molecular flexibility index (Phi) is 4.88. The van der Waals surface area contributed by atoms with Crippen molar-refractivity contribution in [2.45, 2.75) is 12.8 Å². The number of rotatable bonds is 5. The average Bonchev–Trinajstić information content (AvgIpc) is 3.10. The summed E-state index contributed by atoms with van der Waals surface area (Å²) in [5.74, 6) is -0.317. The summed E-state index contributed by atoms with van der Waals surface area (Å²) < 4.78 is 0. The first kappa shape index (κ1) is 17.3. The van der Waals surface area contributed by atoms with Gasteiger partial charge in [0.05, 0.1) is 5.92 Å². The van der Waals surface area contributed by atoms with Crippen LogP contribution in [0.1, 0.15) is 12.0 Å². The molecule has 0 spiro atoms. The molecule has 4 nitrogen and oxygen atoms in total. The Morgan fingerprint density at radius 2 is 1.70 bits per heavy atom. The number of para-hydroxylation sites is 1. The summed E-state index contributed by atoms with van der Waals surface area (Å²) in [4.78, 5) is 26.5. The van der Waals surface area contributed by atoms with E-state index in [-0.39, 0.29) is 24.2 Å². The van der Waals surface area contributed by atoms with Gasteiger partial charge in [0.25, 0.3) is 0 Å². The van der Waals surface area contributed by atoms with Crippen molar-refractivity contribution in [3.63, 3.8) is 0 Å². The van der Waals surface area contributed by atoms with Gasteiger partial charge in [-0.2, -0.15) is 0 Å². The highest BCUT2D eigenvalue weighted by Crippen LogP contribution is 2.25. The standard InChI is InChI=1S/C23H22N2O2/c26-22-15-19(16-25(22)20-10-2-1-3-11-20)23(27)24-14-13-18-9-6-8-17-7-4-5-12-21(17)18/h1-12,19H,13-16H2,(H,24,27). The lowest BCUT2D eigenvalue weighted by Crippen LogP contribution is -2.34. The van der Waals surface area contributed by atoms with E-state index < -0.39 is 0 Å². The fourth-order valence-electron chi connectivity index (χ4n) is 3.72. The first-order chi connectivity index (χ1) is 13.2. The molecule has 1 heterocycles. The van der Waals surface area contributed by atoms with Crippen LogP contribution >= 0.6 is 0 Å². The minimum atomic E-state index is -0.287. The van der Waals surface area contributed by atoms with E-state index in [1.807, 2.05) is 48.5 Å². The van der Waals surface area contributed by atoms with Gasteiger partial charge in [-0.05, 0) is 34.9 Å². The molecule has 27 heavy (non-hydrogen) atoms. The van der Waals surface area contributed by atoms with Gasteiger partial charge in [0.1, 0.15) is 0 Å². The zero-order valence-corrected chi connectivity index (χ0v) is 15.1. The van der Waals surface area contributed by atoms with Crippen LogP contribution in [-0.4, -0.2) is 24.9 Å². The topological polar surface area (TPSA) is 49.4 Å². The van der Waals surface area contributed by atoms with Crippen LogP contribution in [0, 0.1) is 5.92 Å². The maximum atomic E-state index is 12.5. The van der Waals surface area contributed by atoms with Gasteiger partial charge in [-0.1, -0.05) is 60.7 Å². The smallest absolute Gasteiger partial charge is 0.227 e. The molecule has 4 heteroatoms. The van der Waals surface area contributed by atoms with E-state index in [2.05, 4.69) is 29.6 Å². The van der Waals surface area contributed by atoms with Crippen LogP contribution in [0.15, 0.2) is 72.8 Å². The number of amides is 2. The molecule has 1 aliphatic rings. The Balaban J connectivity index is 1.35. The van der Waals surface area contributed by atoms with Gasteiger partial charge >= 0.3 is 0 Å². The van der Waals surface area contributed by atoms with Gasteiger partial charge in [-0.3, -0.25) is 9.59 Å². The van der Waals surface area contributed by atoms with Gasteiger partial charge < -0.3 is 10.2 Å². The Morgan fingerprint density at radius 3 is 2.56 bits per heavy atom. The molecule has 1 N–H and O–H groups in total. The molecule has 136 valence electrons. The Hall–Kier alpha value is -3.14. The lowest BCUT2D eigenvalue weighted by Gasteiger charge is -2.16. The van der Waals surface area contributed by atoms with Crippen molar-refractivity contribution in [1.29, 1.82) is 0 Å². The molecule has 0 radical (unpaired) electrons. The van der Waals surface area contributed by atoms with Crippen LogP contribution < -0.4 is 10.2 Å². The third-order valence-electron chi connectivity index (χ3n) is 5.14. The molecular formula is C23H22N2O2. The molecular weight excluding hydrogens is 336 g/mol. The van der Waals surface area contributed by atoms with Crippen molar-refractivity contribution in [3.8, 4) is 0 Å².